The largest absolute Gasteiger partial charge is 0.480 e. The molecule has 1 unspecified atom stereocenters. The molecule has 8 heteroatoms. The van der Waals surface area contributed by atoms with Gasteiger partial charge >= 0.3 is 5.97 Å². The molecule has 0 aromatic carbocycles. The molecule has 0 spiro atoms. The Hall–Kier alpha value is -2.48. The first-order valence-electron chi connectivity index (χ1n) is 8.90. The van der Waals surface area contributed by atoms with Crippen molar-refractivity contribution in [1.29, 1.82) is 0 Å². The Labute approximate surface area is 158 Å². The molecule has 0 radical (unpaired) electrons. The van der Waals surface area contributed by atoms with Crippen molar-refractivity contribution in [1.82, 2.24) is 20.1 Å². The minimum Gasteiger partial charge on any atom is -0.480 e. The van der Waals surface area contributed by atoms with Crippen LogP contribution in [0.15, 0.2) is 6.07 Å². The zero-order valence-electron chi connectivity index (χ0n) is 17.0. The minimum absolute atomic E-state index is 0.0961. The molecule has 2 aromatic rings. The van der Waals surface area contributed by atoms with Gasteiger partial charge in [0.1, 0.15) is 0 Å². The Morgan fingerprint density at radius 2 is 1.96 bits per heavy atom. The van der Waals surface area contributed by atoms with Gasteiger partial charge in [0.25, 0.3) is 5.91 Å². The van der Waals surface area contributed by atoms with Gasteiger partial charge in [0.2, 0.25) is 0 Å². The van der Waals surface area contributed by atoms with E-state index in [1.54, 1.807) is 6.07 Å². The first-order chi connectivity index (χ1) is 12.5. The summed E-state index contributed by atoms with van der Waals surface area (Å²) in [5.74, 6) is -1.54. The van der Waals surface area contributed by atoms with Crippen molar-refractivity contribution in [2.45, 2.75) is 59.0 Å². The van der Waals surface area contributed by atoms with E-state index < -0.39 is 17.9 Å². The van der Waals surface area contributed by atoms with Crippen LogP contribution in [-0.2, 0) is 15.1 Å². The van der Waals surface area contributed by atoms with E-state index in [1.165, 1.54) is 7.11 Å². The molecule has 0 aliphatic carbocycles. The number of nitrogens with one attached hydrogen (secondary N) is 1. The second kappa shape index (κ2) is 7.64. The lowest BCUT2D eigenvalue weighted by Gasteiger charge is -2.21. The molecule has 0 aliphatic heterocycles. The summed E-state index contributed by atoms with van der Waals surface area (Å²) in [5.41, 5.74) is 2.10. The summed E-state index contributed by atoms with van der Waals surface area (Å²) >= 11 is 0. The summed E-state index contributed by atoms with van der Waals surface area (Å²) < 4.78 is 6.71. The Balaban J connectivity index is 2.66. The van der Waals surface area contributed by atoms with Gasteiger partial charge in [0.05, 0.1) is 28.8 Å². The summed E-state index contributed by atoms with van der Waals surface area (Å²) in [4.78, 5) is 29.0. The highest BCUT2D eigenvalue weighted by Gasteiger charge is 2.27. The van der Waals surface area contributed by atoms with Gasteiger partial charge in [0.15, 0.2) is 11.7 Å². The van der Waals surface area contributed by atoms with Crippen molar-refractivity contribution < 1.29 is 19.4 Å². The lowest BCUT2D eigenvalue weighted by Crippen LogP contribution is -2.44. The number of rotatable bonds is 6. The number of carbonyl (C=O) groups excluding carboxylic acids is 1. The number of nitrogens with zero attached hydrogens (tertiary/aromatic N) is 3. The summed E-state index contributed by atoms with van der Waals surface area (Å²) in [6, 6.07) is 0.585. The Morgan fingerprint density at radius 1 is 1.33 bits per heavy atom. The van der Waals surface area contributed by atoms with Gasteiger partial charge in [-0.15, -0.1) is 0 Å². The maximum atomic E-state index is 12.9. The van der Waals surface area contributed by atoms with Gasteiger partial charge in [-0.3, -0.25) is 4.79 Å². The fraction of sp³-hybridized carbons (Fsp3) is 0.579. The van der Waals surface area contributed by atoms with E-state index in [-0.39, 0.29) is 18.1 Å². The molecule has 2 heterocycles. The van der Waals surface area contributed by atoms with Crippen LogP contribution in [0.3, 0.4) is 0 Å². The predicted octanol–water partition coefficient (Wildman–Crippen LogP) is 2.45. The number of aryl methyl sites for hydroxylation is 1. The fourth-order valence-corrected chi connectivity index (χ4v) is 2.83. The zero-order chi connectivity index (χ0) is 20.5. The van der Waals surface area contributed by atoms with Gasteiger partial charge in [-0.1, -0.05) is 13.8 Å². The topological polar surface area (TPSA) is 106 Å². The molecule has 1 amide bonds. The highest BCUT2D eigenvalue weighted by atomic mass is 16.5. The summed E-state index contributed by atoms with van der Waals surface area (Å²) in [6.45, 7) is 11.7. The number of carbonyl (C=O) groups is 2. The third kappa shape index (κ3) is 4.27. The quantitative estimate of drug-likeness (QED) is 0.802. The molecule has 2 N–H and O–H groups in total. The number of pyridine rings is 1. The number of amides is 1. The second-order valence-corrected chi connectivity index (χ2v) is 7.94. The fourth-order valence-electron chi connectivity index (χ4n) is 2.83. The standard InChI is InChI=1S/C19H28N4O4/c1-10(2)13-8-12(17(24)21-14(9-27-7)18(25)26)15-11(3)22-23(16(15)20-13)19(4,5)6/h8,10,14H,9H2,1-7H3,(H,21,24)(H,25,26). The molecule has 0 saturated carbocycles. The van der Waals surface area contributed by atoms with Gasteiger partial charge in [-0.05, 0) is 39.7 Å². The first kappa shape index (κ1) is 20.8. The van der Waals surface area contributed by atoms with Crippen LogP contribution in [0.25, 0.3) is 11.0 Å². The number of aliphatic carboxylic acids is 1. The molecule has 0 saturated heterocycles. The number of hydrogen-bond acceptors (Lipinski definition) is 5. The number of carboxylic acid groups (broad SMARTS) is 1. The van der Waals surface area contributed by atoms with Crippen LogP contribution in [0.2, 0.25) is 0 Å². The van der Waals surface area contributed by atoms with Crippen LogP contribution in [0.5, 0.6) is 0 Å². The van der Waals surface area contributed by atoms with Crippen molar-refractivity contribution in [2.24, 2.45) is 0 Å². The van der Waals surface area contributed by atoms with Gasteiger partial charge in [-0.2, -0.15) is 5.10 Å². The lowest BCUT2D eigenvalue weighted by atomic mass is 10.0. The van der Waals surface area contributed by atoms with Crippen LogP contribution in [-0.4, -0.2) is 51.5 Å². The molecule has 0 bridgehead atoms. The van der Waals surface area contributed by atoms with Crippen LogP contribution in [0, 0.1) is 6.92 Å². The summed E-state index contributed by atoms with van der Waals surface area (Å²) in [6.07, 6.45) is 0. The summed E-state index contributed by atoms with van der Waals surface area (Å²) in [7, 11) is 1.39. The molecular formula is C19H28N4O4. The molecule has 148 valence electrons. The van der Waals surface area contributed by atoms with E-state index in [0.29, 0.717) is 22.3 Å². The number of ether oxygens (including phenoxy) is 1. The number of methoxy groups -OCH3 is 1. The maximum Gasteiger partial charge on any atom is 0.328 e. The van der Waals surface area contributed by atoms with Crippen LogP contribution in [0.1, 0.15) is 62.3 Å². The molecule has 0 fully saturated rings. The molecule has 2 rings (SSSR count). The third-order valence-electron chi connectivity index (χ3n) is 4.24. The average molecular weight is 376 g/mol. The monoisotopic (exact) mass is 376 g/mol. The molecule has 27 heavy (non-hydrogen) atoms. The lowest BCUT2D eigenvalue weighted by molar-refractivity contribution is -0.140. The van der Waals surface area contributed by atoms with Crippen molar-refractivity contribution >= 4 is 22.9 Å². The van der Waals surface area contributed by atoms with Gasteiger partial charge in [0, 0.05) is 12.8 Å². The van der Waals surface area contributed by atoms with Crippen molar-refractivity contribution in [3.8, 4) is 0 Å². The number of carboxylic acids is 1. The Morgan fingerprint density at radius 3 is 2.44 bits per heavy atom. The van der Waals surface area contributed by atoms with E-state index >= 15 is 0 Å². The van der Waals surface area contributed by atoms with Crippen LogP contribution < -0.4 is 5.32 Å². The Kier molecular flexibility index (Phi) is 5.89. The smallest absolute Gasteiger partial charge is 0.328 e. The molecule has 2 aromatic heterocycles. The average Bonchev–Trinajstić information content (AvgIpc) is 2.90. The SMILES string of the molecule is COCC(NC(=O)c1cc(C(C)C)nc2c1c(C)nn2C(C)(C)C)C(=O)O. The highest BCUT2D eigenvalue weighted by molar-refractivity contribution is 6.07. The number of aromatic nitrogens is 3. The first-order valence-corrected chi connectivity index (χ1v) is 8.90. The molecular weight excluding hydrogens is 348 g/mol. The van der Waals surface area contributed by atoms with E-state index in [0.717, 1.165) is 5.69 Å². The minimum atomic E-state index is -1.15. The second-order valence-electron chi connectivity index (χ2n) is 7.94. The van der Waals surface area contributed by atoms with E-state index in [1.807, 2.05) is 46.2 Å². The van der Waals surface area contributed by atoms with Crippen LogP contribution >= 0.6 is 0 Å². The van der Waals surface area contributed by atoms with Crippen LogP contribution in [0.4, 0.5) is 0 Å². The zero-order valence-corrected chi connectivity index (χ0v) is 17.0. The summed E-state index contributed by atoms with van der Waals surface area (Å²) in [5, 5.41) is 17.1. The van der Waals surface area contributed by atoms with E-state index in [2.05, 4.69) is 10.4 Å². The predicted molar refractivity (Wildman–Crippen MR) is 102 cm³/mol. The third-order valence-corrected chi connectivity index (χ3v) is 4.24. The van der Waals surface area contributed by atoms with E-state index in [4.69, 9.17) is 9.72 Å². The Bertz CT molecular complexity index is 865. The van der Waals surface area contributed by atoms with Crippen molar-refractivity contribution in [3.63, 3.8) is 0 Å². The molecule has 8 nitrogen and oxygen atoms in total. The van der Waals surface area contributed by atoms with Gasteiger partial charge in [-0.25, -0.2) is 14.5 Å². The van der Waals surface area contributed by atoms with Gasteiger partial charge < -0.3 is 15.2 Å². The molecule has 1 atom stereocenters. The highest BCUT2D eigenvalue weighted by Crippen LogP contribution is 2.28. The number of hydrogen-bond donors (Lipinski definition) is 2. The van der Waals surface area contributed by atoms with E-state index in [9.17, 15) is 14.7 Å². The van der Waals surface area contributed by atoms with Crippen molar-refractivity contribution in [2.75, 3.05) is 13.7 Å². The molecule has 0 aliphatic rings. The maximum absolute atomic E-state index is 12.9. The number of fused-ring (bicyclic) bond motifs is 1. The van der Waals surface area contributed by atoms with Crippen molar-refractivity contribution in [3.05, 3.63) is 23.0 Å². The normalized spacial score (nSPS) is 13.2.